The van der Waals surface area contributed by atoms with E-state index in [4.69, 9.17) is 16.0 Å². The van der Waals surface area contributed by atoms with Crippen LogP contribution in [0.2, 0.25) is 5.02 Å². The number of hydrogen-bond acceptors (Lipinski definition) is 6. The van der Waals surface area contributed by atoms with Crippen molar-refractivity contribution in [2.45, 2.75) is 10.9 Å². The molecule has 2 heterocycles. The van der Waals surface area contributed by atoms with Gasteiger partial charge in [0.05, 0.1) is 5.75 Å². The van der Waals surface area contributed by atoms with Crippen LogP contribution in [0.3, 0.4) is 0 Å². The van der Waals surface area contributed by atoms with Gasteiger partial charge in [-0.05, 0) is 35.9 Å². The quantitative estimate of drug-likeness (QED) is 0.464. The highest BCUT2D eigenvalue weighted by Gasteiger charge is 2.10. The molecule has 0 saturated heterocycles. The van der Waals surface area contributed by atoms with Crippen LogP contribution in [0.1, 0.15) is 17.3 Å². The third-order valence-corrected chi connectivity index (χ3v) is 4.68. The van der Waals surface area contributed by atoms with Gasteiger partial charge in [-0.3, -0.25) is 5.10 Å². The first-order chi connectivity index (χ1) is 13.3. The summed E-state index contributed by atoms with van der Waals surface area (Å²) in [6.45, 7) is 0. The Balaban J connectivity index is 1.36. The lowest BCUT2D eigenvalue weighted by Gasteiger charge is -1.94. The second kappa shape index (κ2) is 8.20. The molecule has 134 valence electrons. The topological polar surface area (TPSA) is 80.5 Å². The Morgan fingerprint density at radius 1 is 1.00 bits per heavy atom. The Morgan fingerprint density at radius 3 is 2.63 bits per heavy atom. The third kappa shape index (κ3) is 4.64. The number of nitrogens with one attached hydrogen (secondary N) is 1. The van der Waals surface area contributed by atoms with Crippen molar-refractivity contribution in [1.29, 1.82) is 0 Å². The number of benzene rings is 2. The predicted octanol–water partition coefficient (Wildman–Crippen LogP) is 4.97. The van der Waals surface area contributed by atoms with Gasteiger partial charge in [-0.2, -0.15) is 0 Å². The fourth-order valence-corrected chi connectivity index (χ4v) is 3.05. The standard InChI is InChI=1S/C19H14ClN5OS/c20-15-9-7-14(8-10-15)18-24-23-17(26-18)12-27-19-21-16(22-25-19)11-6-13-4-2-1-3-5-13/h1-11H,12H2,(H,21,22,25)/b11-6+. The van der Waals surface area contributed by atoms with Crippen LogP contribution in [0.5, 0.6) is 0 Å². The summed E-state index contributed by atoms with van der Waals surface area (Å²) >= 11 is 7.31. The molecule has 8 heteroatoms. The maximum absolute atomic E-state index is 5.89. The van der Waals surface area contributed by atoms with Crippen LogP contribution in [-0.4, -0.2) is 25.4 Å². The summed E-state index contributed by atoms with van der Waals surface area (Å²) in [5.41, 5.74) is 1.93. The maximum atomic E-state index is 5.89. The number of aromatic nitrogens is 5. The number of H-pyrrole nitrogens is 1. The molecule has 0 aliphatic heterocycles. The Morgan fingerprint density at radius 2 is 1.81 bits per heavy atom. The van der Waals surface area contributed by atoms with Gasteiger partial charge in [0.15, 0.2) is 0 Å². The van der Waals surface area contributed by atoms with Gasteiger partial charge < -0.3 is 4.42 Å². The second-order valence-electron chi connectivity index (χ2n) is 5.54. The van der Waals surface area contributed by atoms with E-state index < -0.39 is 0 Å². The molecule has 0 atom stereocenters. The molecule has 0 fully saturated rings. The molecule has 6 nitrogen and oxygen atoms in total. The van der Waals surface area contributed by atoms with Gasteiger partial charge in [0, 0.05) is 10.6 Å². The zero-order chi connectivity index (χ0) is 18.5. The van der Waals surface area contributed by atoms with E-state index in [1.807, 2.05) is 54.6 Å². The van der Waals surface area contributed by atoms with Gasteiger partial charge >= 0.3 is 0 Å². The van der Waals surface area contributed by atoms with Crippen molar-refractivity contribution in [2.75, 3.05) is 0 Å². The maximum Gasteiger partial charge on any atom is 0.247 e. The van der Waals surface area contributed by atoms with Crippen molar-refractivity contribution in [3.63, 3.8) is 0 Å². The second-order valence-corrected chi connectivity index (χ2v) is 6.92. The zero-order valence-electron chi connectivity index (χ0n) is 14.0. The highest BCUT2D eigenvalue weighted by molar-refractivity contribution is 7.98. The number of halogens is 1. The molecule has 0 unspecified atom stereocenters. The first-order valence-corrected chi connectivity index (χ1v) is 9.49. The minimum atomic E-state index is 0.462. The van der Waals surface area contributed by atoms with E-state index in [1.165, 1.54) is 11.8 Å². The average Bonchev–Trinajstić information content (AvgIpc) is 3.36. The highest BCUT2D eigenvalue weighted by Crippen LogP contribution is 2.23. The van der Waals surface area contributed by atoms with E-state index in [-0.39, 0.29) is 0 Å². The molecule has 0 bridgehead atoms. The molecule has 0 aliphatic carbocycles. The van der Waals surface area contributed by atoms with Crippen molar-refractivity contribution >= 4 is 35.5 Å². The van der Waals surface area contributed by atoms with E-state index in [0.717, 1.165) is 11.1 Å². The van der Waals surface area contributed by atoms with Crippen LogP contribution in [-0.2, 0) is 5.75 Å². The van der Waals surface area contributed by atoms with Gasteiger partial charge in [0.2, 0.25) is 16.9 Å². The van der Waals surface area contributed by atoms with E-state index in [9.17, 15) is 0 Å². The summed E-state index contributed by atoms with van der Waals surface area (Å²) in [6.07, 6.45) is 3.86. The minimum absolute atomic E-state index is 0.462. The van der Waals surface area contributed by atoms with Crippen LogP contribution in [0.25, 0.3) is 23.6 Å². The largest absolute Gasteiger partial charge is 0.420 e. The minimum Gasteiger partial charge on any atom is -0.420 e. The van der Waals surface area contributed by atoms with Gasteiger partial charge in [0.25, 0.3) is 0 Å². The van der Waals surface area contributed by atoms with E-state index in [0.29, 0.717) is 33.5 Å². The fourth-order valence-electron chi connectivity index (χ4n) is 2.28. The Kier molecular flexibility index (Phi) is 5.32. The van der Waals surface area contributed by atoms with E-state index >= 15 is 0 Å². The third-order valence-electron chi connectivity index (χ3n) is 3.60. The molecule has 0 saturated carbocycles. The van der Waals surface area contributed by atoms with E-state index in [1.54, 1.807) is 12.1 Å². The number of rotatable bonds is 6. The summed E-state index contributed by atoms with van der Waals surface area (Å²) in [7, 11) is 0. The predicted molar refractivity (Wildman–Crippen MR) is 106 cm³/mol. The average molecular weight is 396 g/mol. The number of hydrogen-bond donors (Lipinski definition) is 1. The molecule has 4 aromatic rings. The van der Waals surface area contributed by atoms with Gasteiger partial charge in [-0.1, -0.05) is 59.8 Å². The van der Waals surface area contributed by atoms with Crippen molar-refractivity contribution in [2.24, 2.45) is 0 Å². The van der Waals surface area contributed by atoms with Crippen molar-refractivity contribution in [3.05, 3.63) is 76.9 Å². The molecule has 0 radical (unpaired) electrons. The zero-order valence-corrected chi connectivity index (χ0v) is 15.6. The molecule has 0 amide bonds. The summed E-state index contributed by atoms with van der Waals surface area (Å²) in [6, 6.07) is 17.3. The summed E-state index contributed by atoms with van der Waals surface area (Å²) < 4.78 is 5.68. The lowest BCUT2D eigenvalue weighted by Crippen LogP contribution is -1.82. The lowest BCUT2D eigenvalue weighted by molar-refractivity contribution is 0.528. The SMILES string of the molecule is Clc1ccc(-c2nnc(CSc3n[nH]c(/C=C/c4ccccc4)n3)o2)cc1. The first-order valence-electron chi connectivity index (χ1n) is 8.13. The van der Waals surface area contributed by atoms with E-state index in [2.05, 4.69) is 25.4 Å². The molecule has 0 aliphatic rings. The molecule has 1 N–H and O–H groups in total. The molecular formula is C19H14ClN5OS. The summed E-state index contributed by atoms with van der Waals surface area (Å²) in [5.74, 6) is 2.15. The van der Waals surface area contributed by atoms with Crippen molar-refractivity contribution < 1.29 is 4.42 Å². The van der Waals surface area contributed by atoms with Crippen LogP contribution < -0.4 is 0 Å². The summed E-state index contributed by atoms with van der Waals surface area (Å²) in [4.78, 5) is 4.42. The molecule has 27 heavy (non-hydrogen) atoms. The summed E-state index contributed by atoms with van der Waals surface area (Å²) in [5, 5.41) is 16.5. The molecular weight excluding hydrogens is 382 g/mol. The molecule has 0 spiro atoms. The number of aromatic amines is 1. The Hall–Kier alpha value is -2.90. The number of nitrogens with zero attached hydrogens (tertiary/aromatic N) is 4. The number of thioether (sulfide) groups is 1. The van der Waals surface area contributed by atoms with Crippen molar-refractivity contribution in [3.8, 4) is 11.5 Å². The van der Waals surface area contributed by atoms with Crippen LogP contribution in [0, 0.1) is 0 Å². The van der Waals surface area contributed by atoms with Gasteiger partial charge in [0.1, 0.15) is 5.82 Å². The first kappa shape index (κ1) is 17.5. The smallest absolute Gasteiger partial charge is 0.247 e. The Bertz CT molecular complexity index is 1040. The highest BCUT2D eigenvalue weighted by atomic mass is 35.5. The van der Waals surface area contributed by atoms with Crippen molar-refractivity contribution in [1.82, 2.24) is 25.4 Å². The Labute approximate surface area is 164 Å². The molecule has 2 aromatic heterocycles. The fraction of sp³-hybridized carbons (Fsp3) is 0.0526. The van der Waals surface area contributed by atoms with Crippen LogP contribution in [0.15, 0.2) is 64.2 Å². The normalized spacial score (nSPS) is 11.3. The van der Waals surface area contributed by atoms with Gasteiger partial charge in [-0.25, -0.2) is 4.98 Å². The van der Waals surface area contributed by atoms with Crippen LogP contribution >= 0.6 is 23.4 Å². The lowest BCUT2D eigenvalue weighted by atomic mass is 10.2. The monoisotopic (exact) mass is 395 g/mol. The van der Waals surface area contributed by atoms with Gasteiger partial charge in [-0.15, -0.1) is 15.3 Å². The van der Waals surface area contributed by atoms with Crippen LogP contribution in [0.4, 0.5) is 0 Å². The molecule has 4 rings (SSSR count). The molecule has 2 aromatic carbocycles.